The minimum Gasteiger partial charge on any atom is -0.368 e. The Balaban J connectivity index is 1.56. The van der Waals surface area contributed by atoms with E-state index in [1.807, 2.05) is 32.0 Å². The minimum absolute atomic E-state index is 0.173. The number of nitrogens with zero attached hydrogens (tertiary/aromatic N) is 4. The van der Waals surface area contributed by atoms with Crippen molar-refractivity contribution < 1.29 is 9.59 Å². The SMILES string of the molecule is CCNC(=O)Nc1cc(CN2CCN(c3ccc(C(=O)NC)nc3C)CC2)ccn1. The van der Waals surface area contributed by atoms with Crippen molar-refractivity contribution in [2.75, 3.05) is 50.0 Å². The van der Waals surface area contributed by atoms with Gasteiger partial charge in [0.2, 0.25) is 0 Å². The lowest BCUT2D eigenvalue weighted by molar-refractivity contribution is 0.0958. The van der Waals surface area contributed by atoms with E-state index in [9.17, 15) is 9.59 Å². The zero-order valence-corrected chi connectivity index (χ0v) is 17.7. The second-order valence-corrected chi connectivity index (χ2v) is 7.18. The van der Waals surface area contributed by atoms with Crippen LogP contribution in [0.5, 0.6) is 0 Å². The van der Waals surface area contributed by atoms with Gasteiger partial charge >= 0.3 is 6.03 Å². The van der Waals surface area contributed by atoms with Gasteiger partial charge in [-0.15, -0.1) is 0 Å². The molecule has 160 valence electrons. The summed E-state index contributed by atoms with van der Waals surface area (Å²) in [5, 5.41) is 8.05. The molecule has 3 amide bonds. The summed E-state index contributed by atoms with van der Waals surface area (Å²) in [6.07, 6.45) is 1.72. The van der Waals surface area contributed by atoms with Crippen molar-refractivity contribution in [1.29, 1.82) is 0 Å². The first-order valence-corrected chi connectivity index (χ1v) is 10.2. The van der Waals surface area contributed by atoms with E-state index in [0.717, 1.165) is 49.7 Å². The number of carbonyl (C=O) groups excluding carboxylic acids is 2. The van der Waals surface area contributed by atoms with Crippen LogP contribution in [0.25, 0.3) is 0 Å². The Labute approximate surface area is 176 Å². The third kappa shape index (κ3) is 5.44. The van der Waals surface area contributed by atoms with Crippen LogP contribution < -0.4 is 20.9 Å². The largest absolute Gasteiger partial charge is 0.368 e. The number of urea groups is 1. The van der Waals surface area contributed by atoms with Crippen molar-refractivity contribution in [1.82, 2.24) is 25.5 Å². The highest BCUT2D eigenvalue weighted by atomic mass is 16.2. The van der Waals surface area contributed by atoms with Gasteiger partial charge in [0.15, 0.2) is 0 Å². The summed E-state index contributed by atoms with van der Waals surface area (Å²) < 4.78 is 0. The molecule has 0 radical (unpaired) electrons. The highest BCUT2D eigenvalue weighted by molar-refractivity contribution is 5.92. The fourth-order valence-electron chi connectivity index (χ4n) is 3.51. The Morgan fingerprint density at radius 3 is 2.57 bits per heavy atom. The average Bonchev–Trinajstić information content (AvgIpc) is 2.74. The molecule has 0 aromatic carbocycles. The highest BCUT2D eigenvalue weighted by Crippen LogP contribution is 2.21. The number of nitrogens with one attached hydrogen (secondary N) is 3. The van der Waals surface area contributed by atoms with E-state index in [-0.39, 0.29) is 11.9 Å². The first-order chi connectivity index (χ1) is 14.5. The smallest absolute Gasteiger partial charge is 0.320 e. The zero-order chi connectivity index (χ0) is 21.5. The molecule has 1 aliphatic rings. The minimum atomic E-state index is -0.248. The van der Waals surface area contributed by atoms with Crippen LogP contribution in [0.4, 0.5) is 16.3 Å². The van der Waals surface area contributed by atoms with Gasteiger partial charge in [-0.1, -0.05) is 0 Å². The number of rotatable bonds is 6. The topological polar surface area (TPSA) is 102 Å². The molecule has 0 bridgehead atoms. The quantitative estimate of drug-likeness (QED) is 0.667. The van der Waals surface area contributed by atoms with Crippen molar-refractivity contribution in [2.45, 2.75) is 20.4 Å². The number of hydrogen-bond donors (Lipinski definition) is 3. The molecule has 9 nitrogen and oxygen atoms in total. The van der Waals surface area contributed by atoms with Crippen LogP contribution in [0.15, 0.2) is 30.5 Å². The van der Waals surface area contributed by atoms with Crippen LogP contribution in [0.1, 0.15) is 28.7 Å². The van der Waals surface area contributed by atoms with E-state index in [1.54, 1.807) is 19.3 Å². The molecule has 9 heteroatoms. The maximum absolute atomic E-state index is 11.8. The zero-order valence-electron chi connectivity index (χ0n) is 17.7. The van der Waals surface area contributed by atoms with E-state index in [4.69, 9.17) is 0 Å². The van der Waals surface area contributed by atoms with E-state index >= 15 is 0 Å². The number of hydrogen-bond acceptors (Lipinski definition) is 6. The molecule has 3 N–H and O–H groups in total. The number of anilines is 2. The molecule has 1 fully saturated rings. The summed E-state index contributed by atoms with van der Waals surface area (Å²) in [6, 6.07) is 7.38. The number of piperazine rings is 1. The lowest BCUT2D eigenvalue weighted by atomic mass is 10.2. The van der Waals surface area contributed by atoms with E-state index in [0.29, 0.717) is 18.1 Å². The number of aromatic nitrogens is 2. The number of pyridine rings is 2. The molecular weight excluding hydrogens is 382 g/mol. The summed E-state index contributed by atoms with van der Waals surface area (Å²) in [5.74, 6) is 0.378. The molecule has 1 aliphatic heterocycles. The third-order valence-electron chi connectivity index (χ3n) is 5.04. The van der Waals surface area contributed by atoms with Crippen LogP contribution >= 0.6 is 0 Å². The van der Waals surface area contributed by atoms with Crippen molar-refractivity contribution in [3.05, 3.63) is 47.4 Å². The second kappa shape index (κ2) is 10.0. The Morgan fingerprint density at radius 2 is 1.90 bits per heavy atom. The molecule has 3 rings (SSSR count). The monoisotopic (exact) mass is 411 g/mol. The van der Waals surface area contributed by atoms with E-state index in [2.05, 4.69) is 35.7 Å². The van der Waals surface area contributed by atoms with Crippen LogP contribution in [0.3, 0.4) is 0 Å². The van der Waals surface area contributed by atoms with Crippen molar-refractivity contribution >= 4 is 23.4 Å². The number of amides is 3. The second-order valence-electron chi connectivity index (χ2n) is 7.18. The fourth-order valence-corrected chi connectivity index (χ4v) is 3.51. The highest BCUT2D eigenvalue weighted by Gasteiger charge is 2.20. The van der Waals surface area contributed by atoms with Gasteiger partial charge < -0.3 is 15.5 Å². The summed E-state index contributed by atoms with van der Waals surface area (Å²) in [5.41, 5.74) is 3.48. The number of carbonyl (C=O) groups is 2. The van der Waals surface area contributed by atoms with Gasteiger partial charge in [-0.25, -0.2) is 14.8 Å². The Kier molecular flexibility index (Phi) is 7.18. The summed E-state index contributed by atoms with van der Waals surface area (Å²) in [6.45, 7) is 8.78. The lowest BCUT2D eigenvalue weighted by Gasteiger charge is -2.36. The molecule has 0 spiro atoms. The van der Waals surface area contributed by atoms with Crippen LogP contribution in [-0.2, 0) is 6.54 Å². The van der Waals surface area contributed by atoms with Gasteiger partial charge in [0.25, 0.3) is 5.91 Å². The third-order valence-corrected chi connectivity index (χ3v) is 5.04. The molecule has 3 heterocycles. The Hall–Kier alpha value is -3.20. The van der Waals surface area contributed by atoms with Crippen LogP contribution in [-0.4, -0.2) is 66.6 Å². The predicted molar refractivity (Wildman–Crippen MR) is 117 cm³/mol. The van der Waals surface area contributed by atoms with Gasteiger partial charge in [-0.05, 0) is 43.7 Å². The summed E-state index contributed by atoms with van der Waals surface area (Å²) in [4.78, 5) is 36.8. The molecule has 0 saturated carbocycles. The average molecular weight is 412 g/mol. The normalized spacial score (nSPS) is 14.3. The predicted octanol–water partition coefficient (Wildman–Crippen LogP) is 1.61. The Bertz CT molecular complexity index is 895. The van der Waals surface area contributed by atoms with Gasteiger partial charge in [-0.2, -0.15) is 0 Å². The van der Waals surface area contributed by atoms with E-state index in [1.165, 1.54) is 0 Å². The lowest BCUT2D eigenvalue weighted by Crippen LogP contribution is -2.46. The molecule has 2 aromatic heterocycles. The van der Waals surface area contributed by atoms with Crippen LogP contribution in [0.2, 0.25) is 0 Å². The maximum Gasteiger partial charge on any atom is 0.320 e. The standard InChI is InChI=1S/C21H29N7O2/c1-4-23-21(30)26-19-13-16(7-8-24-19)14-27-9-11-28(12-10-27)18-6-5-17(20(29)22-3)25-15(18)2/h5-8,13H,4,9-12,14H2,1-3H3,(H,22,29)(H2,23,24,26,30). The van der Waals surface area contributed by atoms with Crippen molar-refractivity contribution in [2.24, 2.45) is 0 Å². The van der Waals surface area contributed by atoms with Gasteiger partial charge in [0.1, 0.15) is 11.5 Å². The van der Waals surface area contributed by atoms with Crippen molar-refractivity contribution in [3.8, 4) is 0 Å². The van der Waals surface area contributed by atoms with Gasteiger partial charge in [0.05, 0.1) is 11.4 Å². The molecular formula is C21H29N7O2. The molecule has 0 unspecified atom stereocenters. The number of aryl methyl sites for hydroxylation is 1. The van der Waals surface area contributed by atoms with Crippen molar-refractivity contribution in [3.63, 3.8) is 0 Å². The molecule has 2 aromatic rings. The molecule has 0 atom stereocenters. The van der Waals surface area contributed by atoms with Gasteiger partial charge in [-0.3, -0.25) is 15.0 Å². The first kappa shape index (κ1) is 21.5. The maximum atomic E-state index is 11.8. The molecule has 1 saturated heterocycles. The fraction of sp³-hybridized carbons (Fsp3) is 0.429. The molecule has 0 aliphatic carbocycles. The van der Waals surface area contributed by atoms with Gasteiger partial charge in [0, 0.05) is 52.5 Å². The molecule has 30 heavy (non-hydrogen) atoms. The summed E-state index contributed by atoms with van der Waals surface area (Å²) in [7, 11) is 1.61. The summed E-state index contributed by atoms with van der Waals surface area (Å²) >= 11 is 0. The first-order valence-electron chi connectivity index (χ1n) is 10.2. The van der Waals surface area contributed by atoms with Crippen LogP contribution in [0, 0.1) is 6.92 Å². The Morgan fingerprint density at radius 1 is 1.13 bits per heavy atom. The van der Waals surface area contributed by atoms with E-state index < -0.39 is 0 Å².